The molecule has 0 atom stereocenters. The van der Waals surface area contributed by atoms with Crippen LogP contribution in [0, 0.1) is 70.4 Å². The summed E-state index contributed by atoms with van der Waals surface area (Å²) < 4.78 is 126. The molecule has 0 saturated heterocycles. The third-order valence-electron chi connectivity index (χ3n) is 7.44. The molecule has 5 rings (SSSR count). The topological polar surface area (TPSA) is 0 Å². The summed E-state index contributed by atoms with van der Waals surface area (Å²) in [6, 6.07) is 14.5. The van der Waals surface area contributed by atoms with Crippen molar-refractivity contribution in [2.45, 2.75) is 38.8 Å². The summed E-state index contributed by atoms with van der Waals surface area (Å²) >= 11 is 0. The minimum absolute atomic E-state index is 0.0871. The standard InChI is InChI=1S/C40H23F9/c1-2-3-4-5-24-6-10-27(33(41)18-24)11-7-25-8-12-28(34(42)19-25)13-9-26-20-36(44)38(37(45)21-26)29-14-15-31-30(22-29)23-35(43)32(39(31)46)16-17-40(47,48)49/h6,8,10,12,14-15,18-23H,2-5H2,1H3. The Balaban J connectivity index is 1.36. The second-order valence-electron chi connectivity index (χ2n) is 11.0. The maximum atomic E-state index is 15.1. The van der Waals surface area contributed by atoms with Crippen LogP contribution in [0.15, 0.2) is 72.8 Å². The molecule has 0 bridgehead atoms. The zero-order valence-electron chi connectivity index (χ0n) is 25.7. The molecule has 5 aromatic rings. The molecule has 0 aliphatic rings. The first-order chi connectivity index (χ1) is 23.3. The van der Waals surface area contributed by atoms with Gasteiger partial charge in [-0.2, -0.15) is 13.2 Å². The highest BCUT2D eigenvalue weighted by Crippen LogP contribution is 2.32. The molecule has 0 aliphatic heterocycles. The van der Waals surface area contributed by atoms with E-state index in [2.05, 4.69) is 30.6 Å². The smallest absolute Gasteiger partial charge is 0.206 e. The lowest BCUT2D eigenvalue weighted by molar-refractivity contribution is -0.0696. The second-order valence-corrected chi connectivity index (χ2v) is 11.0. The summed E-state index contributed by atoms with van der Waals surface area (Å²) in [6.45, 7) is 2.09. The average molecular weight is 675 g/mol. The summed E-state index contributed by atoms with van der Waals surface area (Å²) in [5, 5.41) is -0.477. The number of benzene rings is 5. The lowest BCUT2D eigenvalue weighted by Crippen LogP contribution is -2.02. The first kappa shape index (κ1) is 34.7. The molecule has 0 fully saturated rings. The van der Waals surface area contributed by atoms with Crippen LogP contribution < -0.4 is 0 Å². The van der Waals surface area contributed by atoms with Crippen LogP contribution in [0.25, 0.3) is 21.9 Å². The first-order valence-electron chi connectivity index (χ1n) is 15.0. The fourth-order valence-corrected chi connectivity index (χ4v) is 5.02. The Labute approximate surface area is 276 Å². The van der Waals surface area contributed by atoms with Crippen molar-refractivity contribution in [1.82, 2.24) is 0 Å². The molecular weight excluding hydrogens is 651 g/mol. The van der Waals surface area contributed by atoms with Gasteiger partial charge in [-0.25, -0.2) is 26.3 Å². The van der Waals surface area contributed by atoms with E-state index in [1.165, 1.54) is 24.1 Å². The molecule has 0 heterocycles. The van der Waals surface area contributed by atoms with Gasteiger partial charge >= 0.3 is 6.18 Å². The van der Waals surface area contributed by atoms with Crippen LogP contribution in [0.3, 0.4) is 0 Å². The Morgan fingerprint density at radius 1 is 0.571 bits per heavy atom. The molecule has 0 aromatic heterocycles. The van der Waals surface area contributed by atoms with Crippen molar-refractivity contribution in [2.24, 2.45) is 0 Å². The van der Waals surface area contributed by atoms with Crippen molar-refractivity contribution in [3.63, 3.8) is 0 Å². The second kappa shape index (κ2) is 14.7. The maximum Gasteiger partial charge on any atom is 0.458 e. The Morgan fingerprint density at radius 2 is 1.20 bits per heavy atom. The van der Waals surface area contributed by atoms with Gasteiger partial charge in [0.25, 0.3) is 0 Å². The van der Waals surface area contributed by atoms with Crippen LogP contribution in [-0.4, -0.2) is 6.18 Å². The molecular formula is C40H23F9. The van der Waals surface area contributed by atoms with Crippen molar-refractivity contribution in [1.29, 1.82) is 0 Å². The summed E-state index contributed by atoms with van der Waals surface area (Å²) in [5.41, 5.74) is -0.672. The minimum atomic E-state index is -4.97. The zero-order chi connectivity index (χ0) is 35.3. The van der Waals surface area contributed by atoms with Gasteiger partial charge in [0, 0.05) is 22.4 Å². The highest BCUT2D eigenvalue weighted by atomic mass is 19.4. The molecule has 246 valence electrons. The van der Waals surface area contributed by atoms with E-state index in [4.69, 9.17) is 0 Å². The molecule has 0 radical (unpaired) electrons. The van der Waals surface area contributed by atoms with E-state index < -0.39 is 52.2 Å². The number of aryl methyl sites for hydroxylation is 1. The molecule has 9 heteroatoms. The number of hydrogen-bond acceptors (Lipinski definition) is 0. The number of hydrogen-bond donors (Lipinski definition) is 0. The van der Waals surface area contributed by atoms with Crippen LogP contribution >= 0.6 is 0 Å². The van der Waals surface area contributed by atoms with Crippen LogP contribution in [0.1, 0.15) is 59.6 Å². The molecule has 49 heavy (non-hydrogen) atoms. The van der Waals surface area contributed by atoms with Gasteiger partial charge in [0.05, 0.1) is 22.3 Å². The molecule has 0 saturated carbocycles. The number of fused-ring (bicyclic) bond motifs is 1. The predicted octanol–water partition coefficient (Wildman–Crippen LogP) is 10.8. The van der Waals surface area contributed by atoms with Gasteiger partial charge in [-0.15, -0.1) is 0 Å². The van der Waals surface area contributed by atoms with Gasteiger partial charge < -0.3 is 0 Å². The SMILES string of the molecule is CCCCCc1ccc(C#Cc2ccc(C#Cc3cc(F)c(-c4ccc5c(F)c(C#CC(F)(F)F)c(F)cc5c4)c(F)c3)c(F)c2)c(F)c1. The lowest BCUT2D eigenvalue weighted by Gasteiger charge is -2.09. The summed E-state index contributed by atoms with van der Waals surface area (Å²) in [7, 11) is 0. The van der Waals surface area contributed by atoms with Crippen LogP contribution in [0.2, 0.25) is 0 Å². The normalized spacial score (nSPS) is 10.9. The Hall–Kier alpha value is -5.59. The third kappa shape index (κ3) is 8.47. The third-order valence-corrected chi connectivity index (χ3v) is 7.44. The van der Waals surface area contributed by atoms with E-state index in [0.717, 1.165) is 73.6 Å². The summed E-state index contributed by atoms with van der Waals surface area (Å²) in [4.78, 5) is 0. The quantitative estimate of drug-likeness (QED) is 0.0989. The highest BCUT2D eigenvalue weighted by Gasteiger charge is 2.24. The summed E-state index contributed by atoms with van der Waals surface area (Å²) in [6.07, 6.45) is -1.13. The van der Waals surface area contributed by atoms with Gasteiger partial charge in [0.15, 0.2) is 0 Å². The number of halogens is 9. The fraction of sp³-hybridized carbons (Fsp3) is 0.150. The number of alkyl halides is 3. The van der Waals surface area contributed by atoms with Gasteiger partial charge in [-0.1, -0.05) is 67.6 Å². The van der Waals surface area contributed by atoms with Crippen LogP contribution in [-0.2, 0) is 6.42 Å². The Kier molecular flexibility index (Phi) is 10.4. The van der Waals surface area contributed by atoms with E-state index in [-0.39, 0.29) is 38.6 Å². The van der Waals surface area contributed by atoms with Crippen molar-refractivity contribution in [3.8, 4) is 46.6 Å². The van der Waals surface area contributed by atoms with E-state index in [0.29, 0.717) is 6.07 Å². The predicted molar refractivity (Wildman–Crippen MR) is 170 cm³/mol. The maximum absolute atomic E-state index is 15.1. The molecule has 0 unspecified atom stereocenters. The van der Waals surface area contributed by atoms with Crippen molar-refractivity contribution in [2.75, 3.05) is 0 Å². The minimum Gasteiger partial charge on any atom is -0.206 e. The Bertz CT molecular complexity index is 2240. The van der Waals surface area contributed by atoms with Crippen LogP contribution in [0.4, 0.5) is 39.5 Å². The van der Waals surface area contributed by atoms with E-state index in [9.17, 15) is 30.7 Å². The lowest BCUT2D eigenvalue weighted by atomic mass is 9.97. The summed E-state index contributed by atoms with van der Waals surface area (Å²) in [5.74, 6) is 6.55. The molecule has 0 nitrogen and oxygen atoms in total. The highest BCUT2D eigenvalue weighted by molar-refractivity contribution is 5.89. The van der Waals surface area contributed by atoms with Gasteiger partial charge in [-0.05, 0) is 84.0 Å². The zero-order valence-corrected chi connectivity index (χ0v) is 25.7. The van der Waals surface area contributed by atoms with E-state index in [1.54, 1.807) is 6.07 Å². The average Bonchev–Trinajstić information content (AvgIpc) is 3.03. The van der Waals surface area contributed by atoms with Crippen molar-refractivity contribution >= 4 is 10.8 Å². The number of rotatable bonds is 5. The van der Waals surface area contributed by atoms with Crippen LogP contribution in [0.5, 0.6) is 0 Å². The molecule has 0 aliphatic carbocycles. The van der Waals surface area contributed by atoms with Gasteiger partial charge in [0.1, 0.15) is 34.9 Å². The van der Waals surface area contributed by atoms with E-state index >= 15 is 8.78 Å². The molecule has 0 N–H and O–H groups in total. The first-order valence-corrected chi connectivity index (χ1v) is 15.0. The fourth-order valence-electron chi connectivity index (χ4n) is 5.02. The van der Waals surface area contributed by atoms with Crippen molar-refractivity contribution < 1.29 is 39.5 Å². The van der Waals surface area contributed by atoms with Gasteiger partial charge in [0.2, 0.25) is 0 Å². The van der Waals surface area contributed by atoms with Crippen molar-refractivity contribution in [3.05, 3.63) is 141 Å². The number of unbranched alkanes of at least 4 members (excludes halogenated alkanes) is 2. The largest absolute Gasteiger partial charge is 0.458 e. The van der Waals surface area contributed by atoms with E-state index in [1.807, 2.05) is 6.07 Å². The van der Waals surface area contributed by atoms with Gasteiger partial charge in [-0.3, -0.25) is 0 Å². The molecule has 0 amide bonds. The Morgan fingerprint density at radius 3 is 1.84 bits per heavy atom. The molecule has 5 aromatic carbocycles. The molecule has 0 spiro atoms. The monoisotopic (exact) mass is 674 g/mol.